The van der Waals surface area contributed by atoms with Gasteiger partial charge in [0.2, 0.25) is 11.6 Å². The van der Waals surface area contributed by atoms with Crippen LogP contribution >= 0.6 is 0 Å². The number of hydrogen-bond donors (Lipinski definition) is 1. The maximum atomic E-state index is 12.5. The topological polar surface area (TPSA) is 127 Å². The number of carbonyl (C=O) groups excluding carboxylic acids is 1. The molecule has 43 heavy (non-hydrogen) atoms. The highest BCUT2D eigenvalue weighted by Gasteiger charge is 2.22. The quantitative estimate of drug-likeness (QED) is 0.172. The maximum Gasteiger partial charge on any atom is 0.328 e. The van der Waals surface area contributed by atoms with E-state index in [9.17, 15) is 4.79 Å². The van der Waals surface area contributed by atoms with E-state index in [0.29, 0.717) is 70.8 Å². The zero-order valence-electron chi connectivity index (χ0n) is 24.6. The van der Waals surface area contributed by atoms with Gasteiger partial charge in [0.25, 0.3) is 6.01 Å². The Morgan fingerprint density at radius 3 is 2.28 bits per heavy atom. The largest absolute Gasteiger partial charge is 0.493 e. The van der Waals surface area contributed by atoms with Crippen LogP contribution in [0.1, 0.15) is 17.0 Å². The molecule has 0 aliphatic carbocycles. The lowest BCUT2D eigenvalue weighted by atomic mass is 10.1. The molecule has 224 valence electrons. The third-order valence-corrected chi connectivity index (χ3v) is 6.85. The van der Waals surface area contributed by atoms with Crippen molar-refractivity contribution in [1.29, 1.82) is 0 Å². The van der Waals surface area contributed by atoms with Crippen LogP contribution in [-0.4, -0.2) is 57.0 Å². The molecule has 0 unspecified atom stereocenters. The van der Waals surface area contributed by atoms with E-state index in [4.69, 9.17) is 32.5 Å². The highest BCUT2D eigenvalue weighted by molar-refractivity contribution is 5.80. The molecule has 0 radical (unpaired) electrons. The Kier molecular flexibility index (Phi) is 8.99. The van der Waals surface area contributed by atoms with Gasteiger partial charge >= 0.3 is 5.97 Å². The van der Waals surface area contributed by atoms with Crippen molar-refractivity contribution in [3.05, 3.63) is 77.7 Å². The van der Waals surface area contributed by atoms with Gasteiger partial charge in [0.15, 0.2) is 17.1 Å². The maximum absolute atomic E-state index is 12.5. The second-order valence-corrected chi connectivity index (χ2v) is 9.59. The third-order valence-electron chi connectivity index (χ3n) is 6.85. The summed E-state index contributed by atoms with van der Waals surface area (Å²) in [6, 6.07) is 18.1. The first kappa shape index (κ1) is 29.3. The molecule has 0 fully saturated rings. The van der Waals surface area contributed by atoms with Gasteiger partial charge in [0.1, 0.15) is 23.1 Å². The van der Waals surface area contributed by atoms with E-state index in [1.165, 1.54) is 7.11 Å². The van der Waals surface area contributed by atoms with Gasteiger partial charge in [-0.2, -0.15) is 4.98 Å². The number of ether oxygens (including phenoxy) is 5. The molecule has 2 aromatic heterocycles. The number of aryl methyl sites for hydroxylation is 1. The molecule has 0 amide bonds. The molecule has 1 N–H and O–H groups in total. The standard InChI is InChI=1S/C32H33N3O8/c1-19-23(33-30(42-19)21-17-27(37-2)29(39-4)28(18-21)38-3)14-15-41-22-12-10-20(11-13-22)16-25(31(36)40-5)35-32-34-24-8-6-7-9-26(24)43-32/h6-13,17-18,25H,14-16H2,1-5H3,(H,34,35)/t25-/m0/s1. The van der Waals surface area contributed by atoms with Crippen LogP contribution in [0.5, 0.6) is 23.0 Å². The number of anilines is 1. The van der Waals surface area contributed by atoms with Gasteiger partial charge in [-0.3, -0.25) is 0 Å². The number of fused-ring (bicyclic) bond motifs is 1. The molecule has 0 spiro atoms. The summed E-state index contributed by atoms with van der Waals surface area (Å²) >= 11 is 0. The Morgan fingerprint density at radius 1 is 0.907 bits per heavy atom. The number of nitrogens with one attached hydrogen (secondary N) is 1. The zero-order valence-corrected chi connectivity index (χ0v) is 24.6. The number of nitrogens with zero attached hydrogens (tertiary/aromatic N) is 2. The van der Waals surface area contributed by atoms with Crippen LogP contribution in [0.25, 0.3) is 22.6 Å². The van der Waals surface area contributed by atoms with Crippen LogP contribution in [0.15, 0.2) is 69.5 Å². The lowest BCUT2D eigenvalue weighted by Crippen LogP contribution is -2.33. The molecular formula is C32H33N3O8. The molecule has 0 bridgehead atoms. The van der Waals surface area contributed by atoms with Crippen LogP contribution in [0.2, 0.25) is 0 Å². The van der Waals surface area contributed by atoms with Crippen molar-refractivity contribution < 1.29 is 37.3 Å². The number of aromatic nitrogens is 2. The average Bonchev–Trinajstić information content (AvgIpc) is 3.62. The second-order valence-electron chi connectivity index (χ2n) is 9.59. The molecule has 0 saturated carbocycles. The summed E-state index contributed by atoms with van der Waals surface area (Å²) in [4.78, 5) is 21.6. The number of rotatable bonds is 13. The molecule has 0 saturated heterocycles. The SMILES string of the molecule is COC(=O)[C@H](Cc1ccc(OCCc2nc(-c3cc(OC)c(OC)c(OC)c3)oc2C)cc1)Nc1nc2ccccc2o1. The first-order chi connectivity index (χ1) is 20.9. The highest BCUT2D eigenvalue weighted by Crippen LogP contribution is 2.41. The van der Waals surface area contributed by atoms with Crippen LogP contribution in [0, 0.1) is 6.92 Å². The van der Waals surface area contributed by atoms with Gasteiger partial charge in [-0.1, -0.05) is 24.3 Å². The van der Waals surface area contributed by atoms with Crippen molar-refractivity contribution in [2.45, 2.75) is 25.8 Å². The van der Waals surface area contributed by atoms with Crippen LogP contribution < -0.4 is 24.3 Å². The number of benzene rings is 3. The van der Waals surface area contributed by atoms with Crippen LogP contribution in [-0.2, 0) is 22.4 Å². The normalized spacial score (nSPS) is 11.7. The summed E-state index contributed by atoms with van der Waals surface area (Å²) in [5.41, 5.74) is 3.73. The third kappa shape index (κ3) is 6.66. The molecule has 5 rings (SSSR count). The van der Waals surface area contributed by atoms with Crippen molar-refractivity contribution in [1.82, 2.24) is 9.97 Å². The van der Waals surface area contributed by atoms with Gasteiger partial charge in [0.05, 0.1) is 40.7 Å². The molecule has 1 atom stereocenters. The lowest BCUT2D eigenvalue weighted by molar-refractivity contribution is -0.141. The number of hydrogen-bond acceptors (Lipinski definition) is 11. The highest BCUT2D eigenvalue weighted by atomic mass is 16.5. The van der Waals surface area contributed by atoms with Crippen LogP contribution in [0.4, 0.5) is 6.01 Å². The van der Waals surface area contributed by atoms with Gasteiger partial charge in [0, 0.05) is 18.4 Å². The molecule has 11 nitrogen and oxygen atoms in total. The Balaban J connectivity index is 1.19. The second kappa shape index (κ2) is 13.2. The summed E-state index contributed by atoms with van der Waals surface area (Å²) in [5.74, 6) is 2.94. The van der Waals surface area contributed by atoms with Crippen molar-refractivity contribution in [2.24, 2.45) is 0 Å². The van der Waals surface area contributed by atoms with E-state index < -0.39 is 12.0 Å². The number of carbonyl (C=O) groups is 1. The number of esters is 1. The fourth-order valence-electron chi connectivity index (χ4n) is 4.63. The van der Waals surface area contributed by atoms with E-state index in [-0.39, 0.29) is 6.01 Å². The van der Waals surface area contributed by atoms with Crippen LogP contribution in [0.3, 0.4) is 0 Å². The van der Waals surface area contributed by atoms with Gasteiger partial charge in [-0.15, -0.1) is 0 Å². The monoisotopic (exact) mass is 587 g/mol. The van der Waals surface area contributed by atoms with Gasteiger partial charge in [-0.25, -0.2) is 9.78 Å². The molecule has 2 heterocycles. The minimum Gasteiger partial charge on any atom is -0.493 e. The Bertz CT molecular complexity index is 1630. The summed E-state index contributed by atoms with van der Waals surface area (Å²) in [5, 5.41) is 3.05. The molecule has 5 aromatic rings. The summed E-state index contributed by atoms with van der Waals surface area (Å²) in [7, 11) is 6.03. The van der Waals surface area contributed by atoms with E-state index in [1.54, 1.807) is 33.5 Å². The molecule has 0 aliphatic rings. The molecule has 0 aliphatic heterocycles. The van der Waals surface area contributed by atoms with Crippen molar-refractivity contribution >= 4 is 23.1 Å². The lowest BCUT2D eigenvalue weighted by Gasteiger charge is -2.15. The van der Waals surface area contributed by atoms with Crippen molar-refractivity contribution in [3.63, 3.8) is 0 Å². The van der Waals surface area contributed by atoms with E-state index in [1.807, 2.05) is 55.5 Å². The number of oxazole rings is 2. The molecule has 11 heteroatoms. The van der Waals surface area contributed by atoms with E-state index >= 15 is 0 Å². The average molecular weight is 588 g/mol. The first-order valence-corrected chi connectivity index (χ1v) is 13.6. The predicted molar refractivity (Wildman–Crippen MR) is 159 cm³/mol. The minimum absolute atomic E-state index is 0.258. The zero-order chi connectivity index (χ0) is 30.3. The minimum atomic E-state index is -0.681. The smallest absolute Gasteiger partial charge is 0.328 e. The number of methoxy groups -OCH3 is 4. The molecular weight excluding hydrogens is 554 g/mol. The van der Waals surface area contributed by atoms with Gasteiger partial charge in [-0.05, 0) is 48.9 Å². The Hall–Kier alpha value is -5.19. The Morgan fingerprint density at radius 2 is 1.63 bits per heavy atom. The fraction of sp³-hybridized carbons (Fsp3) is 0.281. The fourth-order valence-corrected chi connectivity index (χ4v) is 4.63. The van der Waals surface area contributed by atoms with Gasteiger partial charge < -0.3 is 37.8 Å². The first-order valence-electron chi connectivity index (χ1n) is 13.6. The summed E-state index contributed by atoms with van der Waals surface area (Å²) in [6.45, 7) is 2.26. The van der Waals surface area contributed by atoms with Crippen molar-refractivity contribution in [2.75, 3.05) is 40.4 Å². The van der Waals surface area contributed by atoms with Crippen molar-refractivity contribution in [3.8, 4) is 34.5 Å². The summed E-state index contributed by atoms with van der Waals surface area (Å²) in [6.07, 6.45) is 0.911. The predicted octanol–water partition coefficient (Wildman–Crippen LogP) is 5.63. The summed E-state index contributed by atoms with van der Waals surface area (Å²) < 4.78 is 38.9. The van der Waals surface area contributed by atoms with E-state index in [2.05, 4.69) is 15.3 Å². The van der Waals surface area contributed by atoms with E-state index in [0.717, 1.165) is 11.3 Å². The number of para-hydroxylation sites is 2. The Labute approximate surface area is 248 Å². The molecule has 3 aromatic carbocycles.